The number of carbonyl (C=O) groups is 2. The van der Waals surface area contributed by atoms with E-state index in [4.69, 9.17) is 15.2 Å². The molecule has 0 unspecified atom stereocenters. The van der Waals surface area contributed by atoms with E-state index in [0.717, 1.165) is 6.42 Å². The summed E-state index contributed by atoms with van der Waals surface area (Å²) >= 11 is 0. The number of methoxy groups -OCH3 is 1. The highest BCUT2D eigenvalue weighted by molar-refractivity contribution is 5.95. The van der Waals surface area contributed by atoms with Crippen LogP contribution in [0.4, 0.5) is 5.69 Å². The first kappa shape index (κ1) is 17.8. The predicted octanol–water partition coefficient (Wildman–Crippen LogP) is 0.550. The summed E-state index contributed by atoms with van der Waals surface area (Å²) in [7, 11) is 1.55. The van der Waals surface area contributed by atoms with Crippen molar-refractivity contribution in [3.8, 4) is 5.75 Å². The highest BCUT2D eigenvalue weighted by Gasteiger charge is 2.10. The van der Waals surface area contributed by atoms with Gasteiger partial charge in [-0.2, -0.15) is 0 Å². The van der Waals surface area contributed by atoms with E-state index in [1.54, 1.807) is 19.2 Å². The van der Waals surface area contributed by atoms with E-state index in [-0.39, 0.29) is 18.4 Å². The van der Waals surface area contributed by atoms with Gasteiger partial charge in [0, 0.05) is 25.8 Å². The van der Waals surface area contributed by atoms with Crippen LogP contribution in [0.15, 0.2) is 18.2 Å². The Morgan fingerprint density at radius 3 is 2.68 bits per heavy atom. The highest BCUT2D eigenvalue weighted by Crippen LogP contribution is 2.22. The zero-order valence-corrected chi connectivity index (χ0v) is 13.0. The summed E-state index contributed by atoms with van der Waals surface area (Å²) in [5, 5.41) is 5.40. The summed E-state index contributed by atoms with van der Waals surface area (Å²) in [6, 6.07) is 4.73. The second-order valence-electron chi connectivity index (χ2n) is 4.64. The van der Waals surface area contributed by atoms with E-state index in [0.29, 0.717) is 36.7 Å². The number of amides is 2. The minimum atomic E-state index is -0.280. The van der Waals surface area contributed by atoms with Gasteiger partial charge in [-0.3, -0.25) is 9.59 Å². The number of nitrogens with two attached hydrogens (primary N) is 1. The molecule has 0 aromatic heterocycles. The Balaban J connectivity index is 2.58. The minimum absolute atomic E-state index is 0.173. The fourth-order valence-corrected chi connectivity index (χ4v) is 1.63. The first-order valence-corrected chi connectivity index (χ1v) is 7.14. The van der Waals surface area contributed by atoms with E-state index in [9.17, 15) is 9.59 Å². The molecule has 4 N–H and O–H groups in total. The van der Waals surface area contributed by atoms with Crippen molar-refractivity contribution >= 4 is 17.5 Å². The number of hydrogen-bond donors (Lipinski definition) is 3. The molecular weight excluding hydrogens is 286 g/mol. The number of anilines is 1. The monoisotopic (exact) mass is 309 g/mol. The van der Waals surface area contributed by atoms with Crippen molar-refractivity contribution in [2.24, 2.45) is 0 Å². The van der Waals surface area contributed by atoms with E-state index < -0.39 is 0 Å². The number of carbonyl (C=O) groups excluding carboxylic acids is 2. The molecule has 0 fully saturated rings. The van der Waals surface area contributed by atoms with Gasteiger partial charge in [-0.1, -0.05) is 6.92 Å². The smallest absolute Gasteiger partial charge is 0.258 e. The van der Waals surface area contributed by atoms with Crippen molar-refractivity contribution in [3.05, 3.63) is 23.8 Å². The van der Waals surface area contributed by atoms with Crippen LogP contribution < -0.4 is 21.1 Å². The van der Waals surface area contributed by atoms with Crippen LogP contribution >= 0.6 is 0 Å². The SMILES string of the molecule is CCCNC(=O)c1ccc(N)c(OCC(=O)NCCOC)c1. The normalized spacial score (nSPS) is 10.1. The topological polar surface area (TPSA) is 103 Å². The lowest BCUT2D eigenvalue weighted by Crippen LogP contribution is -2.31. The quantitative estimate of drug-likeness (QED) is 0.456. The number of benzene rings is 1. The van der Waals surface area contributed by atoms with Gasteiger partial charge in [0.15, 0.2) is 6.61 Å². The number of ether oxygens (including phenoxy) is 2. The Hall–Kier alpha value is -2.28. The van der Waals surface area contributed by atoms with Crippen LogP contribution in [0.2, 0.25) is 0 Å². The molecule has 0 atom stereocenters. The number of nitrogens with one attached hydrogen (secondary N) is 2. The van der Waals surface area contributed by atoms with Crippen molar-refractivity contribution in [1.82, 2.24) is 10.6 Å². The molecule has 0 aliphatic heterocycles. The molecule has 1 aromatic rings. The van der Waals surface area contributed by atoms with Crippen molar-refractivity contribution in [1.29, 1.82) is 0 Å². The Morgan fingerprint density at radius 2 is 2.00 bits per heavy atom. The van der Waals surface area contributed by atoms with Crippen LogP contribution in [-0.2, 0) is 9.53 Å². The molecule has 122 valence electrons. The van der Waals surface area contributed by atoms with E-state index >= 15 is 0 Å². The van der Waals surface area contributed by atoms with Crippen molar-refractivity contribution < 1.29 is 19.1 Å². The largest absolute Gasteiger partial charge is 0.482 e. The molecule has 0 aliphatic rings. The molecule has 0 saturated heterocycles. The highest BCUT2D eigenvalue weighted by atomic mass is 16.5. The van der Waals surface area contributed by atoms with Gasteiger partial charge >= 0.3 is 0 Å². The first-order chi connectivity index (χ1) is 10.6. The lowest BCUT2D eigenvalue weighted by Gasteiger charge is -2.11. The summed E-state index contributed by atoms with van der Waals surface area (Å²) in [6.07, 6.45) is 0.853. The number of rotatable bonds is 9. The molecule has 0 radical (unpaired) electrons. The lowest BCUT2D eigenvalue weighted by atomic mass is 10.1. The molecular formula is C15H23N3O4. The van der Waals surface area contributed by atoms with Crippen molar-refractivity contribution in [3.63, 3.8) is 0 Å². The molecule has 22 heavy (non-hydrogen) atoms. The van der Waals surface area contributed by atoms with Gasteiger partial charge in [-0.05, 0) is 24.6 Å². The summed E-state index contributed by atoms with van der Waals surface area (Å²) < 4.78 is 10.2. The Bertz CT molecular complexity index is 506. The molecule has 0 heterocycles. The third-order valence-corrected chi connectivity index (χ3v) is 2.80. The van der Waals surface area contributed by atoms with Gasteiger partial charge < -0.3 is 25.8 Å². The van der Waals surface area contributed by atoms with Crippen molar-refractivity contribution in [2.75, 3.05) is 39.1 Å². The van der Waals surface area contributed by atoms with Crippen LogP contribution in [0.5, 0.6) is 5.75 Å². The van der Waals surface area contributed by atoms with Crippen LogP contribution in [-0.4, -0.2) is 45.2 Å². The molecule has 7 nitrogen and oxygen atoms in total. The van der Waals surface area contributed by atoms with Gasteiger partial charge in [0.25, 0.3) is 11.8 Å². The van der Waals surface area contributed by atoms with Gasteiger partial charge in [0.05, 0.1) is 12.3 Å². The standard InChI is InChI=1S/C15H23N3O4/c1-3-6-18-15(20)11-4-5-12(16)13(9-11)22-10-14(19)17-7-8-21-2/h4-5,9H,3,6-8,10,16H2,1-2H3,(H,17,19)(H,18,20). The Morgan fingerprint density at radius 1 is 1.23 bits per heavy atom. The number of hydrogen-bond acceptors (Lipinski definition) is 5. The van der Waals surface area contributed by atoms with E-state index in [1.807, 2.05) is 6.92 Å². The summed E-state index contributed by atoms with van der Waals surface area (Å²) in [5.41, 5.74) is 6.60. The lowest BCUT2D eigenvalue weighted by molar-refractivity contribution is -0.123. The van der Waals surface area contributed by atoms with Gasteiger partial charge in [0.1, 0.15) is 5.75 Å². The van der Waals surface area contributed by atoms with Gasteiger partial charge in [0.2, 0.25) is 0 Å². The molecule has 1 aromatic carbocycles. The molecule has 0 aliphatic carbocycles. The minimum Gasteiger partial charge on any atom is -0.482 e. The summed E-state index contributed by atoms with van der Waals surface area (Å²) in [5.74, 6) is -0.167. The van der Waals surface area contributed by atoms with E-state index in [2.05, 4.69) is 10.6 Å². The van der Waals surface area contributed by atoms with Crippen LogP contribution in [0, 0.1) is 0 Å². The second-order valence-corrected chi connectivity index (χ2v) is 4.64. The third kappa shape index (κ3) is 6.01. The van der Waals surface area contributed by atoms with Crippen LogP contribution in [0.1, 0.15) is 23.7 Å². The maximum absolute atomic E-state index is 11.9. The Kier molecular flexibility index (Phi) is 7.77. The molecule has 0 bridgehead atoms. The molecule has 2 amide bonds. The van der Waals surface area contributed by atoms with Gasteiger partial charge in [-0.25, -0.2) is 0 Å². The zero-order valence-electron chi connectivity index (χ0n) is 13.0. The average Bonchev–Trinajstić information content (AvgIpc) is 2.52. The van der Waals surface area contributed by atoms with Crippen LogP contribution in [0.25, 0.3) is 0 Å². The fourth-order valence-electron chi connectivity index (χ4n) is 1.63. The maximum Gasteiger partial charge on any atom is 0.258 e. The van der Waals surface area contributed by atoms with E-state index in [1.165, 1.54) is 6.07 Å². The Labute approximate surface area is 130 Å². The molecule has 0 saturated carbocycles. The summed E-state index contributed by atoms with van der Waals surface area (Å²) in [4.78, 5) is 23.4. The van der Waals surface area contributed by atoms with Crippen LogP contribution in [0.3, 0.4) is 0 Å². The molecule has 7 heteroatoms. The summed E-state index contributed by atoms with van der Waals surface area (Å²) in [6.45, 7) is 3.24. The average molecular weight is 309 g/mol. The number of nitrogen functional groups attached to an aromatic ring is 1. The van der Waals surface area contributed by atoms with Crippen molar-refractivity contribution in [2.45, 2.75) is 13.3 Å². The van der Waals surface area contributed by atoms with Gasteiger partial charge in [-0.15, -0.1) is 0 Å². The zero-order chi connectivity index (χ0) is 16.4. The maximum atomic E-state index is 11.9. The fraction of sp³-hybridized carbons (Fsp3) is 0.467. The second kappa shape index (κ2) is 9.62. The molecule has 1 rings (SSSR count). The first-order valence-electron chi connectivity index (χ1n) is 7.14. The predicted molar refractivity (Wildman–Crippen MR) is 83.9 cm³/mol. The third-order valence-electron chi connectivity index (χ3n) is 2.80. The molecule has 0 spiro atoms.